The third-order valence-electron chi connectivity index (χ3n) is 7.80. The third-order valence-corrected chi connectivity index (χ3v) is 7.80. The molecular weight excluding hydrogens is 482 g/mol. The molecule has 1 aliphatic heterocycles. The summed E-state index contributed by atoms with van der Waals surface area (Å²) in [5, 5.41) is 2.85. The van der Waals surface area contributed by atoms with E-state index < -0.39 is 17.4 Å². The number of carbonyl (C=O) groups excluding carboxylic acids is 4. The quantitative estimate of drug-likeness (QED) is 0.350. The van der Waals surface area contributed by atoms with E-state index in [-0.39, 0.29) is 42.1 Å². The number of carbonyl (C=O) groups is 4. The van der Waals surface area contributed by atoms with Crippen LogP contribution in [0.1, 0.15) is 66.4 Å². The van der Waals surface area contributed by atoms with Crippen LogP contribution >= 0.6 is 0 Å². The van der Waals surface area contributed by atoms with E-state index in [0.717, 1.165) is 12.0 Å². The zero-order chi connectivity index (χ0) is 28.6. The Bertz CT molecular complexity index is 1020. The number of rotatable bonds is 11. The van der Waals surface area contributed by atoms with Crippen molar-refractivity contribution in [1.29, 1.82) is 0 Å². The fourth-order valence-corrected chi connectivity index (χ4v) is 5.37. The molecular formula is C30H45N3O5. The van der Waals surface area contributed by atoms with Gasteiger partial charge in [0.1, 0.15) is 6.04 Å². The monoisotopic (exact) mass is 527 g/mol. The molecule has 1 aromatic carbocycles. The molecule has 1 fully saturated rings. The van der Waals surface area contributed by atoms with E-state index in [1.807, 2.05) is 51.1 Å². The van der Waals surface area contributed by atoms with Crippen LogP contribution in [0.4, 0.5) is 0 Å². The van der Waals surface area contributed by atoms with Gasteiger partial charge in [-0.1, -0.05) is 71.0 Å². The highest BCUT2D eigenvalue weighted by atomic mass is 16.5. The molecule has 2 rings (SSSR count). The molecule has 1 aromatic rings. The van der Waals surface area contributed by atoms with E-state index in [2.05, 4.69) is 19.2 Å². The first kappa shape index (κ1) is 31.1. The first-order chi connectivity index (χ1) is 17.9. The van der Waals surface area contributed by atoms with Crippen LogP contribution in [0.25, 0.3) is 0 Å². The number of methoxy groups -OCH3 is 1. The summed E-state index contributed by atoms with van der Waals surface area (Å²) in [4.78, 5) is 54.7. The summed E-state index contributed by atoms with van der Waals surface area (Å²) < 4.78 is 4.86. The maximum atomic E-state index is 13.2. The lowest BCUT2D eigenvalue weighted by molar-refractivity contribution is -0.149. The Balaban J connectivity index is 2.10. The van der Waals surface area contributed by atoms with Gasteiger partial charge in [-0.15, -0.1) is 0 Å². The molecule has 0 bridgehead atoms. The standard InChI is InChI=1S/C30H45N3O5/c1-9-23(30(5,6)22-14-11-10-12-15-22)27(35)31-19-26(34)32(7)25(20(2)3)18-21(4)28(36)33-17-13-16-24(33)29(37)38-8/h10-12,14-15,18,20,23-25H,9,13,16-17,19H2,1-8H3,(H,31,35)/b21-18+/t23-,24+,25-/m1/s1. The van der Waals surface area contributed by atoms with E-state index in [9.17, 15) is 19.2 Å². The number of likely N-dealkylation sites (N-methyl/N-ethyl adjacent to an activating group) is 1. The largest absolute Gasteiger partial charge is 0.467 e. The summed E-state index contributed by atoms with van der Waals surface area (Å²) in [6.45, 7) is 12.1. The number of hydrogen-bond donors (Lipinski definition) is 1. The summed E-state index contributed by atoms with van der Waals surface area (Å²) in [7, 11) is 3.01. The van der Waals surface area contributed by atoms with Crippen LogP contribution in [0.3, 0.4) is 0 Å². The minimum Gasteiger partial charge on any atom is -0.467 e. The topological polar surface area (TPSA) is 96.0 Å². The maximum absolute atomic E-state index is 13.2. The Morgan fingerprint density at radius 2 is 1.82 bits per heavy atom. The van der Waals surface area contributed by atoms with Crippen molar-refractivity contribution in [3.05, 3.63) is 47.5 Å². The molecule has 1 N–H and O–H groups in total. The van der Waals surface area contributed by atoms with E-state index in [0.29, 0.717) is 25.0 Å². The Labute approximate surface area is 227 Å². The van der Waals surface area contributed by atoms with Crippen molar-refractivity contribution in [3.8, 4) is 0 Å². The molecule has 0 saturated carbocycles. The SMILES string of the molecule is CC[C@H](C(=O)NCC(=O)N(C)[C@H](/C=C(\C)C(=O)N1CCC[C@H]1C(=O)OC)C(C)C)C(C)(C)c1ccccc1. The summed E-state index contributed by atoms with van der Waals surface area (Å²) in [5.74, 6) is -1.31. The highest BCUT2D eigenvalue weighted by Gasteiger charge is 2.37. The number of ether oxygens (including phenoxy) is 1. The first-order valence-corrected chi connectivity index (χ1v) is 13.5. The predicted molar refractivity (Wildman–Crippen MR) is 148 cm³/mol. The number of hydrogen-bond acceptors (Lipinski definition) is 5. The second kappa shape index (κ2) is 13.6. The van der Waals surface area contributed by atoms with Crippen molar-refractivity contribution in [2.45, 2.75) is 78.3 Å². The molecule has 0 aromatic heterocycles. The van der Waals surface area contributed by atoms with Gasteiger partial charge in [-0.25, -0.2) is 4.79 Å². The first-order valence-electron chi connectivity index (χ1n) is 13.5. The van der Waals surface area contributed by atoms with Crippen molar-refractivity contribution in [3.63, 3.8) is 0 Å². The lowest BCUT2D eigenvalue weighted by atomic mass is 9.71. The van der Waals surface area contributed by atoms with Crippen molar-refractivity contribution >= 4 is 23.7 Å². The number of likely N-dealkylation sites (tertiary alicyclic amines) is 1. The average molecular weight is 528 g/mol. The number of esters is 1. The minimum absolute atomic E-state index is 0.0257. The number of nitrogens with one attached hydrogen (secondary N) is 1. The molecule has 1 heterocycles. The Morgan fingerprint density at radius 1 is 1.18 bits per heavy atom. The van der Waals surface area contributed by atoms with E-state index in [1.54, 1.807) is 29.8 Å². The zero-order valence-electron chi connectivity index (χ0n) is 24.2. The van der Waals surface area contributed by atoms with Crippen molar-refractivity contribution in [2.24, 2.45) is 11.8 Å². The molecule has 0 unspecified atom stereocenters. The number of benzene rings is 1. The van der Waals surface area contributed by atoms with Gasteiger partial charge in [0.15, 0.2) is 0 Å². The van der Waals surface area contributed by atoms with E-state index in [4.69, 9.17) is 4.74 Å². The highest BCUT2D eigenvalue weighted by Crippen LogP contribution is 2.34. The van der Waals surface area contributed by atoms with Gasteiger partial charge in [-0.3, -0.25) is 14.4 Å². The van der Waals surface area contributed by atoms with Crippen LogP contribution < -0.4 is 5.32 Å². The molecule has 0 aliphatic carbocycles. The van der Waals surface area contributed by atoms with Crippen molar-refractivity contribution in [2.75, 3.05) is 27.2 Å². The predicted octanol–water partition coefficient (Wildman–Crippen LogP) is 3.70. The van der Waals surface area contributed by atoms with Crippen LogP contribution in [-0.2, 0) is 29.3 Å². The van der Waals surface area contributed by atoms with Gasteiger partial charge in [0.2, 0.25) is 17.7 Å². The molecule has 0 spiro atoms. The van der Waals surface area contributed by atoms with Gasteiger partial charge in [0.25, 0.3) is 0 Å². The molecule has 210 valence electrons. The molecule has 8 nitrogen and oxygen atoms in total. The van der Waals surface area contributed by atoms with Crippen LogP contribution in [0, 0.1) is 11.8 Å². The minimum atomic E-state index is -0.574. The van der Waals surface area contributed by atoms with Crippen LogP contribution in [0.2, 0.25) is 0 Å². The molecule has 1 saturated heterocycles. The van der Waals surface area contributed by atoms with Gasteiger partial charge < -0.3 is 19.9 Å². The second-order valence-corrected chi connectivity index (χ2v) is 11.0. The Hall–Kier alpha value is -3.16. The molecule has 1 aliphatic rings. The maximum Gasteiger partial charge on any atom is 0.328 e. The molecule has 38 heavy (non-hydrogen) atoms. The Kier molecular flexibility index (Phi) is 11.1. The van der Waals surface area contributed by atoms with Gasteiger partial charge in [-0.2, -0.15) is 0 Å². The number of amides is 3. The normalized spacial score (nSPS) is 17.7. The third kappa shape index (κ3) is 7.23. The summed E-state index contributed by atoms with van der Waals surface area (Å²) >= 11 is 0. The molecule has 3 amide bonds. The fraction of sp³-hybridized carbons (Fsp3) is 0.600. The number of nitrogens with zero attached hydrogens (tertiary/aromatic N) is 2. The Morgan fingerprint density at radius 3 is 2.37 bits per heavy atom. The lowest BCUT2D eigenvalue weighted by Crippen LogP contribution is -2.48. The smallest absolute Gasteiger partial charge is 0.328 e. The lowest BCUT2D eigenvalue weighted by Gasteiger charge is -2.34. The van der Waals surface area contributed by atoms with Crippen molar-refractivity contribution < 1.29 is 23.9 Å². The van der Waals surface area contributed by atoms with Crippen LogP contribution in [0.15, 0.2) is 42.0 Å². The van der Waals surface area contributed by atoms with E-state index in [1.165, 1.54) is 7.11 Å². The van der Waals surface area contributed by atoms with Gasteiger partial charge in [-0.05, 0) is 37.7 Å². The van der Waals surface area contributed by atoms with Crippen LogP contribution in [-0.4, -0.2) is 72.8 Å². The average Bonchev–Trinajstić information content (AvgIpc) is 3.39. The molecule has 3 atom stereocenters. The molecule has 8 heteroatoms. The van der Waals surface area contributed by atoms with Gasteiger partial charge >= 0.3 is 5.97 Å². The fourth-order valence-electron chi connectivity index (χ4n) is 5.37. The van der Waals surface area contributed by atoms with Gasteiger partial charge in [0.05, 0.1) is 19.7 Å². The van der Waals surface area contributed by atoms with Crippen molar-refractivity contribution in [1.82, 2.24) is 15.1 Å². The van der Waals surface area contributed by atoms with E-state index >= 15 is 0 Å². The highest BCUT2D eigenvalue weighted by molar-refractivity contribution is 5.96. The molecule has 0 radical (unpaired) electrons. The summed E-state index contributed by atoms with van der Waals surface area (Å²) in [6, 6.07) is 8.99. The second-order valence-electron chi connectivity index (χ2n) is 11.0. The van der Waals surface area contributed by atoms with Crippen LogP contribution in [0.5, 0.6) is 0 Å². The summed E-state index contributed by atoms with van der Waals surface area (Å²) in [5.41, 5.74) is 1.15. The van der Waals surface area contributed by atoms with Gasteiger partial charge in [0, 0.05) is 30.5 Å². The zero-order valence-corrected chi connectivity index (χ0v) is 24.2. The summed E-state index contributed by atoms with van der Waals surface area (Å²) in [6.07, 6.45) is 3.74.